The predicted octanol–water partition coefficient (Wildman–Crippen LogP) is -0.153. The standard InChI is InChI=1S/C12H17N5O2/c13-10-6-5-9(16-17-10)12(19)14-7-1-2-11(18)15-8-3-4-8/h5-6,8H,1-4,7H2,(H2,13,17)(H,14,19)(H,15,18). The number of amides is 2. The minimum atomic E-state index is -0.310. The maximum Gasteiger partial charge on any atom is 0.271 e. The van der Waals surface area contributed by atoms with Gasteiger partial charge in [0.15, 0.2) is 5.69 Å². The van der Waals surface area contributed by atoms with Crippen molar-refractivity contribution < 1.29 is 9.59 Å². The van der Waals surface area contributed by atoms with E-state index in [1.807, 2.05) is 0 Å². The molecule has 2 rings (SSSR count). The summed E-state index contributed by atoms with van der Waals surface area (Å²) in [4.78, 5) is 23.0. The maximum atomic E-state index is 11.6. The number of nitrogen functional groups attached to an aromatic ring is 1. The Kier molecular flexibility index (Phi) is 4.27. The molecule has 1 aromatic rings. The average molecular weight is 263 g/mol. The first-order valence-corrected chi connectivity index (χ1v) is 6.32. The van der Waals surface area contributed by atoms with Crippen molar-refractivity contribution in [2.24, 2.45) is 0 Å². The van der Waals surface area contributed by atoms with E-state index in [9.17, 15) is 9.59 Å². The average Bonchev–Trinajstić information content (AvgIpc) is 3.19. The molecule has 7 nitrogen and oxygen atoms in total. The highest BCUT2D eigenvalue weighted by Gasteiger charge is 2.22. The SMILES string of the molecule is Nc1ccc(C(=O)NCCCC(=O)NC2CC2)nn1. The third-order valence-corrected chi connectivity index (χ3v) is 2.73. The Hall–Kier alpha value is -2.18. The first-order chi connectivity index (χ1) is 9.15. The number of carbonyl (C=O) groups is 2. The van der Waals surface area contributed by atoms with Crippen LogP contribution in [-0.2, 0) is 4.79 Å². The van der Waals surface area contributed by atoms with Gasteiger partial charge in [-0.1, -0.05) is 0 Å². The van der Waals surface area contributed by atoms with Crippen LogP contribution in [0.15, 0.2) is 12.1 Å². The van der Waals surface area contributed by atoms with Crippen molar-refractivity contribution in [3.05, 3.63) is 17.8 Å². The molecule has 4 N–H and O–H groups in total. The molecule has 0 spiro atoms. The summed E-state index contributed by atoms with van der Waals surface area (Å²) in [5, 5.41) is 12.8. The van der Waals surface area contributed by atoms with Crippen LogP contribution in [0.2, 0.25) is 0 Å². The van der Waals surface area contributed by atoms with Crippen molar-refractivity contribution in [2.75, 3.05) is 12.3 Å². The van der Waals surface area contributed by atoms with Crippen molar-refractivity contribution in [3.8, 4) is 0 Å². The van der Waals surface area contributed by atoms with E-state index in [2.05, 4.69) is 20.8 Å². The molecule has 1 aliphatic rings. The van der Waals surface area contributed by atoms with Gasteiger partial charge in [0.25, 0.3) is 5.91 Å². The van der Waals surface area contributed by atoms with Gasteiger partial charge in [0.1, 0.15) is 5.82 Å². The molecular weight excluding hydrogens is 246 g/mol. The molecular formula is C12H17N5O2. The normalized spacial score (nSPS) is 13.9. The van der Waals surface area contributed by atoms with E-state index in [1.165, 1.54) is 12.1 Å². The fourth-order valence-corrected chi connectivity index (χ4v) is 1.53. The van der Waals surface area contributed by atoms with Gasteiger partial charge in [-0.3, -0.25) is 9.59 Å². The fourth-order valence-electron chi connectivity index (χ4n) is 1.53. The topological polar surface area (TPSA) is 110 Å². The predicted molar refractivity (Wildman–Crippen MR) is 69.2 cm³/mol. The summed E-state index contributed by atoms with van der Waals surface area (Å²) >= 11 is 0. The van der Waals surface area contributed by atoms with E-state index in [-0.39, 0.29) is 23.3 Å². The molecule has 0 bridgehead atoms. The molecule has 0 atom stereocenters. The summed E-state index contributed by atoms with van der Waals surface area (Å²) in [5.41, 5.74) is 5.60. The number of carbonyl (C=O) groups excluding carboxylic acids is 2. The fraction of sp³-hybridized carbons (Fsp3) is 0.500. The Labute approximate surface area is 111 Å². The smallest absolute Gasteiger partial charge is 0.271 e. The summed E-state index contributed by atoms with van der Waals surface area (Å²) in [5.74, 6) is 0.00687. The highest BCUT2D eigenvalue weighted by molar-refractivity contribution is 5.92. The maximum absolute atomic E-state index is 11.6. The van der Waals surface area contributed by atoms with Crippen molar-refractivity contribution in [1.82, 2.24) is 20.8 Å². The highest BCUT2D eigenvalue weighted by atomic mass is 16.2. The van der Waals surface area contributed by atoms with Crippen LogP contribution in [0, 0.1) is 0 Å². The van der Waals surface area contributed by atoms with Gasteiger partial charge in [-0.15, -0.1) is 10.2 Å². The number of hydrogen-bond acceptors (Lipinski definition) is 5. The van der Waals surface area contributed by atoms with Crippen LogP contribution in [0.4, 0.5) is 5.82 Å². The van der Waals surface area contributed by atoms with Crippen LogP contribution < -0.4 is 16.4 Å². The minimum absolute atomic E-state index is 0.0454. The molecule has 0 saturated heterocycles. The molecule has 1 heterocycles. The van der Waals surface area contributed by atoms with Gasteiger partial charge in [-0.05, 0) is 31.4 Å². The molecule has 1 aliphatic carbocycles. The lowest BCUT2D eigenvalue weighted by atomic mass is 10.3. The molecule has 1 fully saturated rings. The largest absolute Gasteiger partial charge is 0.382 e. The summed E-state index contributed by atoms with van der Waals surface area (Å²) in [6, 6.07) is 3.41. The summed E-state index contributed by atoms with van der Waals surface area (Å²) < 4.78 is 0. The first kappa shape index (κ1) is 13.3. The number of nitrogens with two attached hydrogens (primary N) is 1. The minimum Gasteiger partial charge on any atom is -0.382 e. The number of hydrogen-bond donors (Lipinski definition) is 3. The van der Waals surface area contributed by atoms with Crippen molar-refractivity contribution in [3.63, 3.8) is 0 Å². The summed E-state index contributed by atoms with van der Waals surface area (Å²) in [6.07, 6.45) is 3.19. The highest BCUT2D eigenvalue weighted by Crippen LogP contribution is 2.18. The van der Waals surface area contributed by atoms with Crippen LogP contribution in [0.5, 0.6) is 0 Å². The molecule has 1 saturated carbocycles. The monoisotopic (exact) mass is 263 g/mol. The number of rotatable bonds is 6. The molecule has 0 radical (unpaired) electrons. The zero-order chi connectivity index (χ0) is 13.7. The van der Waals surface area contributed by atoms with Crippen LogP contribution in [-0.4, -0.2) is 34.6 Å². The Bertz CT molecular complexity index is 456. The van der Waals surface area contributed by atoms with Crippen molar-refractivity contribution in [1.29, 1.82) is 0 Å². The lowest BCUT2D eigenvalue weighted by molar-refractivity contribution is -0.121. The van der Waals surface area contributed by atoms with E-state index in [4.69, 9.17) is 5.73 Å². The Morgan fingerprint density at radius 2 is 2.11 bits per heavy atom. The second-order valence-electron chi connectivity index (χ2n) is 4.54. The van der Waals surface area contributed by atoms with E-state index in [0.29, 0.717) is 25.4 Å². The Balaban J connectivity index is 1.63. The number of nitrogens with one attached hydrogen (secondary N) is 2. The third-order valence-electron chi connectivity index (χ3n) is 2.73. The summed E-state index contributed by atoms with van der Waals surface area (Å²) in [7, 11) is 0. The van der Waals surface area contributed by atoms with E-state index in [0.717, 1.165) is 12.8 Å². The molecule has 1 aromatic heterocycles. The molecule has 0 aliphatic heterocycles. The molecule has 0 aromatic carbocycles. The van der Waals surface area contributed by atoms with Crippen LogP contribution in [0.1, 0.15) is 36.2 Å². The van der Waals surface area contributed by atoms with Gasteiger partial charge in [0.2, 0.25) is 5.91 Å². The van der Waals surface area contributed by atoms with Gasteiger partial charge in [-0.25, -0.2) is 0 Å². The third kappa shape index (κ3) is 4.53. The second-order valence-corrected chi connectivity index (χ2v) is 4.54. The van der Waals surface area contributed by atoms with E-state index in [1.54, 1.807) is 0 Å². The van der Waals surface area contributed by atoms with Gasteiger partial charge >= 0.3 is 0 Å². The molecule has 7 heteroatoms. The van der Waals surface area contributed by atoms with Gasteiger partial charge in [0.05, 0.1) is 0 Å². The number of nitrogens with zero attached hydrogens (tertiary/aromatic N) is 2. The van der Waals surface area contributed by atoms with Gasteiger partial charge < -0.3 is 16.4 Å². The Morgan fingerprint density at radius 1 is 1.32 bits per heavy atom. The quantitative estimate of drug-likeness (QED) is 0.618. The molecule has 19 heavy (non-hydrogen) atoms. The van der Waals surface area contributed by atoms with Gasteiger partial charge in [-0.2, -0.15) is 0 Å². The lowest BCUT2D eigenvalue weighted by Gasteiger charge is -2.05. The number of aromatic nitrogens is 2. The lowest BCUT2D eigenvalue weighted by Crippen LogP contribution is -2.29. The van der Waals surface area contributed by atoms with Crippen LogP contribution in [0.25, 0.3) is 0 Å². The van der Waals surface area contributed by atoms with Crippen molar-refractivity contribution >= 4 is 17.6 Å². The van der Waals surface area contributed by atoms with Crippen LogP contribution >= 0.6 is 0 Å². The van der Waals surface area contributed by atoms with Gasteiger partial charge in [0, 0.05) is 19.0 Å². The molecule has 2 amide bonds. The molecule has 0 unspecified atom stereocenters. The Morgan fingerprint density at radius 3 is 2.74 bits per heavy atom. The van der Waals surface area contributed by atoms with Crippen molar-refractivity contribution in [2.45, 2.75) is 31.7 Å². The zero-order valence-electron chi connectivity index (χ0n) is 10.6. The number of anilines is 1. The second kappa shape index (κ2) is 6.12. The zero-order valence-corrected chi connectivity index (χ0v) is 10.6. The molecule has 102 valence electrons. The van der Waals surface area contributed by atoms with E-state index < -0.39 is 0 Å². The first-order valence-electron chi connectivity index (χ1n) is 6.32. The summed E-state index contributed by atoms with van der Waals surface area (Å²) in [6.45, 7) is 0.434. The van der Waals surface area contributed by atoms with E-state index >= 15 is 0 Å². The van der Waals surface area contributed by atoms with Crippen LogP contribution in [0.3, 0.4) is 0 Å².